The molecule has 1 fully saturated rings. The van der Waals surface area contributed by atoms with Crippen LogP contribution < -0.4 is 5.32 Å². The predicted octanol–water partition coefficient (Wildman–Crippen LogP) is 2.48. The SMILES string of the molecule is COCCNC(c1nc(C)cs1)C1CCSC1. The zero-order chi connectivity index (χ0) is 12.1. The van der Waals surface area contributed by atoms with E-state index < -0.39 is 0 Å². The summed E-state index contributed by atoms with van der Waals surface area (Å²) in [6.45, 7) is 3.73. The summed E-state index contributed by atoms with van der Waals surface area (Å²) >= 11 is 3.84. The molecule has 0 amide bonds. The molecule has 1 N–H and O–H groups in total. The Balaban J connectivity index is 2.00. The third-order valence-electron chi connectivity index (χ3n) is 3.01. The quantitative estimate of drug-likeness (QED) is 0.807. The zero-order valence-electron chi connectivity index (χ0n) is 10.4. The number of rotatable bonds is 6. The van der Waals surface area contributed by atoms with Crippen LogP contribution in [0.1, 0.15) is 23.2 Å². The molecule has 0 aliphatic carbocycles. The first-order valence-electron chi connectivity index (χ1n) is 6.03. The van der Waals surface area contributed by atoms with Gasteiger partial charge < -0.3 is 10.1 Å². The van der Waals surface area contributed by atoms with Crippen LogP contribution >= 0.6 is 23.1 Å². The van der Waals surface area contributed by atoms with Gasteiger partial charge in [0.05, 0.1) is 12.6 Å². The lowest BCUT2D eigenvalue weighted by Crippen LogP contribution is -2.31. The fraction of sp³-hybridized carbons (Fsp3) is 0.750. The molecule has 1 saturated heterocycles. The molecule has 1 aromatic rings. The van der Waals surface area contributed by atoms with Gasteiger partial charge in [-0.15, -0.1) is 11.3 Å². The molecule has 0 saturated carbocycles. The number of nitrogens with one attached hydrogen (secondary N) is 1. The van der Waals surface area contributed by atoms with E-state index in [4.69, 9.17) is 4.74 Å². The smallest absolute Gasteiger partial charge is 0.110 e. The standard InChI is InChI=1S/C12H20N2OS2/c1-9-7-17-12(14-9)11(13-4-5-15-2)10-3-6-16-8-10/h7,10-11,13H,3-6,8H2,1-2H3. The van der Waals surface area contributed by atoms with Gasteiger partial charge in [0, 0.05) is 24.7 Å². The molecule has 0 radical (unpaired) electrons. The van der Waals surface area contributed by atoms with Gasteiger partial charge in [-0.2, -0.15) is 11.8 Å². The molecule has 96 valence electrons. The van der Waals surface area contributed by atoms with Crippen molar-refractivity contribution in [3.05, 3.63) is 16.1 Å². The highest BCUT2D eigenvalue weighted by Crippen LogP contribution is 2.35. The van der Waals surface area contributed by atoms with E-state index in [9.17, 15) is 0 Å². The van der Waals surface area contributed by atoms with Crippen LogP contribution in [-0.2, 0) is 4.74 Å². The highest BCUT2D eigenvalue weighted by atomic mass is 32.2. The molecule has 1 aliphatic rings. The Morgan fingerprint density at radius 3 is 3.12 bits per heavy atom. The average Bonchev–Trinajstić information content (AvgIpc) is 2.96. The number of methoxy groups -OCH3 is 1. The molecule has 0 bridgehead atoms. The molecule has 2 unspecified atom stereocenters. The zero-order valence-corrected chi connectivity index (χ0v) is 12.1. The maximum absolute atomic E-state index is 5.11. The summed E-state index contributed by atoms with van der Waals surface area (Å²) < 4.78 is 5.11. The summed E-state index contributed by atoms with van der Waals surface area (Å²) in [5.41, 5.74) is 1.13. The lowest BCUT2D eigenvalue weighted by Gasteiger charge is -2.22. The first kappa shape index (κ1) is 13.3. The molecule has 1 aromatic heterocycles. The number of hydrogen-bond donors (Lipinski definition) is 1. The fourth-order valence-electron chi connectivity index (χ4n) is 2.10. The number of aromatic nitrogens is 1. The van der Waals surface area contributed by atoms with Gasteiger partial charge in [0.25, 0.3) is 0 Å². The van der Waals surface area contributed by atoms with Gasteiger partial charge >= 0.3 is 0 Å². The Bertz CT molecular complexity index is 337. The Hall–Kier alpha value is -0.100. The Labute approximate surface area is 111 Å². The largest absolute Gasteiger partial charge is 0.383 e. The Morgan fingerprint density at radius 2 is 2.53 bits per heavy atom. The predicted molar refractivity (Wildman–Crippen MR) is 74.9 cm³/mol. The molecular weight excluding hydrogens is 252 g/mol. The second-order valence-electron chi connectivity index (χ2n) is 4.38. The highest BCUT2D eigenvalue weighted by Gasteiger charge is 2.28. The van der Waals surface area contributed by atoms with Crippen molar-refractivity contribution in [2.45, 2.75) is 19.4 Å². The monoisotopic (exact) mass is 272 g/mol. The molecule has 2 atom stereocenters. The number of hydrogen-bond acceptors (Lipinski definition) is 5. The van der Waals surface area contributed by atoms with Gasteiger partial charge in [0.1, 0.15) is 5.01 Å². The van der Waals surface area contributed by atoms with E-state index in [0.717, 1.165) is 24.8 Å². The maximum Gasteiger partial charge on any atom is 0.110 e. The highest BCUT2D eigenvalue weighted by molar-refractivity contribution is 7.99. The van der Waals surface area contributed by atoms with Crippen LogP contribution in [0.2, 0.25) is 0 Å². The van der Waals surface area contributed by atoms with E-state index in [1.54, 1.807) is 18.4 Å². The van der Waals surface area contributed by atoms with E-state index in [0.29, 0.717) is 6.04 Å². The molecule has 5 heteroatoms. The van der Waals surface area contributed by atoms with Crippen LogP contribution in [-0.4, -0.2) is 36.8 Å². The molecule has 1 aliphatic heterocycles. The maximum atomic E-state index is 5.11. The average molecular weight is 272 g/mol. The number of aryl methyl sites for hydroxylation is 1. The molecule has 0 spiro atoms. The summed E-state index contributed by atoms with van der Waals surface area (Å²) in [6.07, 6.45) is 1.30. The lowest BCUT2D eigenvalue weighted by molar-refractivity contribution is 0.191. The van der Waals surface area contributed by atoms with Crippen molar-refractivity contribution in [3.8, 4) is 0 Å². The van der Waals surface area contributed by atoms with Crippen molar-refractivity contribution in [2.75, 3.05) is 31.8 Å². The number of thioether (sulfide) groups is 1. The Kier molecular flexibility index (Phi) is 5.28. The van der Waals surface area contributed by atoms with Crippen molar-refractivity contribution >= 4 is 23.1 Å². The van der Waals surface area contributed by atoms with Crippen LogP contribution in [0, 0.1) is 12.8 Å². The molecule has 17 heavy (non-hydrogen) atoms. The molecular formula is C12H20N2OS2. The van der Waals surface area contributed by atoms with Crippen molar-refractivity contribution in [2.24, 2.45) is 5.92 Å². The summed E-state index contributed by atoms with van der Waals surface area (Å²) in [6, 6.07) is 0.416. The van der Waals surface area contributed by atoms with Crippen molar-refractivity contribution in [1.82, 2.24) is 10.3 Å². The third kappa shape index (κ3) is 3.68. The van der Waals surface area contributed by atoms with Crippen LogP contribution in [0.4, 0.5) is 0 Å². The second kappa shape index (κ2) is 6.73. The first-order valence-corrected chi connectivity index (χ1v) is 8.07. The number of ether oxygens (including phenoxy) is 1. The second-order valence-corrected chi connectivity index (χ2v) is 6.41. The normalized spacial score (nSPS) is 21.9. The fourth-order valence-corrected chi connectivity index (χ4v) is 4.36. The topological polar surface area (TPSA) is 34.1 Å². The summed E-state index contributed by atoms with van der Waals surface area (Å²) in [5.74, 6) is 3.27. The first-order chi connectivity index (χ1) is 8.31. The van der Waals surface area contributed by atoms with Gasteiger partial charge in [-0.1, -0.05) is 0 Å². The van der Waals surface area contributed by atoms with E-state index in [1.807, 2.05) is 0 Å². The molecule has 3 nitrogen and oxygen atoms in total. The van der Waals surface area contributed by atoms with Gasteiger partial charge in [-0.25, -0.2) is 4.98 Å². The lowest BCUT2D eigenvalue weighted by atomic mass is 10.00. The van der Waals surface area contributed by atoms with Crippen molar-refractivity contribution < 1.29 is 4.74 Å². The minimum absolute atomic E-state index is 0.416. The molecule has 2 heterocycles. The minimum atomic E-state index is 0.416. The molecule has 0 aromatic carbocycles. The van der Waals surface area contributed by atoms with Crippen LogP contribution in [0.15, 0.2) is 5.38 Å². The third-order valence-corrected chi connectivity index (χ3v) is 5.24. The van der Waals surface area contributed by atoms with Crippen LogP contribution in [0.5, 0.6) is 0 Å². The minimum Gasteiger partial charge on any atom is -0.383 e. The molecule has 2 rings (SSSR count). The van der Waals surface area contributed by atoms with Gasteiger partial charge in [-0.05, 0) is 30.8 Å². The number of nitrogens with zero attached hydrogens (tertiary/aromatic N) is 1. The van der Waals surface area contributed by atoms with Gasteiger partial charge in [0.2, 0.25) is 0 Å². The van der Waals surface area contributed by atoms with Crippen LogP contribution in [0.25, 0.3) is 0 Å². The van der Waals surface area contributed by atoms with Crippen LogP contribution in [0.3, 0.4) is 0 Å². The summed E-state index contributed by atoms with van der Waals surface area (Å²) in [4.78, 5) is 4.64. The van der Waals surface area contributed by atoms with E-state index in [-0.39, 0.29) is 0 Å². The van der Waals surface area contributed by atoms with E-state index in [1.165, 1.54) is 22.9 Å². The van der Waals surface area contributed by atoms with E-state index in [2.05, 4.69) is 34.4 Å². The van der Waals surface area contributed by atoms with Gasteiger partial charge in [-0.3, -0.25) is 0 Å². The van der Waals surface area contributed by atoms with Gasteiger partial charge in [0.15, 0.2) is 0 Å². The van der Waals surface area contributed by atoms with Crippen molar-refractivity contribution in [3.63, 3.8) is 0 Å². The summed E-state index contributed by atoms with van der Waals surface area (Å²) in [5, 5.41) is 6.98. The Morgan fingerprint density at radius 1 is 1.65 bits per heavy atom. The van der Waals surface area contributed by atoms with Crippen molar-refractivity contribution in [1.29, 1.82) is 0 Å². The van der Waals surface area contributed by atoms with E-state index >= 15 is 0 Å². The number of thiazole rings is 1. The summed E-state index contributed by atoms with van der Waals surface area (Å²) in [7, 11) is 1.75.